The van der Waals surface area contributed by atoms with E-state index in [2.05, 4.69) is 26.6 Å². The van der Waals surface area contributed by atoms with Gasteiger partial charge in [-0.25, -0.2) is 4.79 Å². The average molecular weight is 383 g/mol. The van der Waals surface area contributed by atoms with Gasteiger partial charge in [0, 0.05) is 23.6 Å². The molecule has 4 N–H and O–H groups in total. The predicted molar refractivity (Wildman–Crippen MR) is 92.9 cm³/mol. The molecule has 0 bridgehead atoms. The number of carbonyl (C=O) groups is 2. The summed E-state index contributed by atoms with van der Waals surface area (Å²) in [5, 5.41) is 5.96. The first-order valence-corrected chi connectivity index (χ1v) is 8.56. The minimum absolute atomic E-state index is 0.0672. The molecule has 1 aliphatic rings. The third-order valence-electron chi connectivity index (χ3n) is 4.00. The lowest BCUT2D eigenvalue weighted by atomic mass is 10.1. The van der Waals surface area contributed by atoms with Gasteiger partial charge in [0.2, 0.25) is 5.91 Å². The van der Waals surface area contributed by atoms with Gasteiger partial charge in [0.25, 0.3) is 0 Å². The number of nitrogens with one attached hydrogen (secondary N) is 2. The lowest BCUT2D eigenvalue weighted by molar-refractivity contribution is -0.119. The third kappa shape index (κ3) is 5.84. The van der Waals surface area contributed by atoms with Gasteiger partial charge >= 0.3 is 6.03 Å². The normalized spacial score (nSPS) is 17.5. The predicted octanol–water partition coefficient (Wildman–Crippen LogP) is 1.76. The van der Waals surface area contributed by atoms with Crippen LogP contribution in [0.2, 0.25) is 0 Å². The zero-order valence-electron chi connectivity index (χ0n) is 13.2. The van der Waals surface area contributed by atoms with Crippen LogP contribution in [0.3, 0.4) is 0 Å². The van der Waals surface area contributed by atoms with Crippen LogP contribution in [0.4, 0.5) is 4.79 Å². The molecular weight excluding hydrogens is 360 g/mol. The molecule has 0 spiro atoms. The average Bonchev–Trinajstić information content (AvgIpc) is 2.48. The molecule has 0 radical (unpaired) electrons. The highest BCUT2D eigenvalue weighted by molar-refractivity contribution is 9.10. The number of nitrogens with zero attached hydrogens (tertiary/aromatic N) is 1. The van der Waals surface area contributed by atoms with Crippen LogP contribution in [-0.2, 0) is 4.79 Å². The SMILES string of the molecule is C[C@@H](NC(=O)NC1CCN(CC(N)=O)CC1)c1cccc(Br)c1. The first kappa shape index (κ1) is 17.7. The fourth-order valence-corrected chi connectivity index (χ4v) is 3.16. The van der Waals surface area contributed by atoms with E-state index in [1.54, 1.807) is 0 Å². The van der Waals surface area contributed by atoms with E-state index in [4.69, 9.17) is 5.73 Å². The van der Waals surface area contributed by atoms with Crippen molar-refractivity contribution >= 4 is 27.9 Å². The van der Waals surface area contributed by atoms with Crippen molar-refractivity contribution in [2.24, 2.45) is 5.73 Å². The number of hydrogen-bond donors (Lipinski definition) is 3. The topological polar surface area (TPSA) is 87.5 Å². The van der Waals surface area contributed by atoms with Crippen LogP contribution < -0.4 is 16.4 Å². The van der Waals surface area contributed by atoms with E-state index in [-0.39, 0.29) is 24.0 Å². The van der Waals surface area contributed by atoms with E-state index in [9.17, 15) is 9.59 Å². The Morgan fingerprint density at radius 2 is 2.09 bits per heavy atom. The summed E-state index contributed by atoms with van der Waals surface area (Å²) in [7, 11) is 0. The fraction of sp³-hybridized carbons (Fsp3) is 0.500. The largest absolute Gasteiger partial charge is 0.369 e. The summed E-state index contributed by atoms with van der Waals surface area (Å²) >= 11 is 3.43. The smallest absolute Gasteiger partial charge is 0.315 e. The van der Waals surface area contributed by atoms with Crippen molar-refractivity contribution in [2.45, 2.75) is 31.8 Å². The molecule has 1 atom stereocenters. The Bertz CT molecular complexity index is 559. The van der Waals surface area contributed by atoms with Gasteiger partial charge in [0.15, 0.2) is 0 Å². The van der Waals surface area contributed by atoms with Gasteiger partial charge in [-0.05, 0) is 37.5 Å². The van der Waals surface area contributed by atoms with Crippen molar-refractivity contribution < 1.29 is 9.59 Å². The van der Waals surface area contributed by atoms with Gasteiger partial charge < -0.3 is 16.4 Å². The molecule has 2 rings (SSSR count). The molecular formula is C16H23BrN4O2. The number of benzene rings is 1. The number of urea groups is 1. The number of hydrogen-bond acceptors (Lipinski definition) is 3. The molecule has 3 amide bonds. The van der Waals surface area contributed by atoms with Crippen molar-refractivity contribution in [3.8, 4) is 0 Å². The van der Waals surface area contributed by atoms with E-state index < -0.39 is 0 Å². The zero-order chi connectivity index (χ0) is 16.8. The maximum Gasteiger partial charge on any atom is 0.315 e. The van der Waals surface area contributed by atoms with E-state index in [1.807, 2.05) is 36.1 Å². The summed E-state index contributed by atoms with van der Waals surface area (Å²) in [4.78, 5) is 25.0. The Morgan fingerprint density at radius 3 is 2.70 bits per heavy atom. The molecule has 7 heteroatoms. The zero-order valence-corrected chi connectivity index (χ0v) is 14.8. The maximum atomic E-state index is 12.1. The molecule has 0 aromatic heterocycles. The molecule has 23 heavy (non-hydrogen) atoms. The van der Waals surface area contributed by atoms with Gasteiger partial charge in [-0.1, -0.05) is 28.1 Å². The number of carbonyl (C=O) groups excluding carboxylic acids is 2. The van der Waals surface area contributed by atoms with Crippen molar-refractivity contribution in [3.63, 3.8) is 0 Å². The van der Waals surface area contributed by atoms with Gasteiger partial charge in [-0.15, -0.1) is 0 Å². The Balaban J connectivity index is 1.76. The number of rotatable bonds is 5. The molecule has 1 aliphatic heterocycles. The van der Waals surface area contributed by atoms with Gasteiger partial charge in [-0.2, -0.15) is 0 Å². The summed E-state index contributed by atoms with van der Waals surface area (Å²) in [5.74, 6) is -0.308. The number of amides is 3. The Labute approximate surface area is 144 Å². The van der Waals surface area contributed by atoms with Crippen LogP contribution in [0.15, 0.2) is 28.7 Å². The van der Waals surface area contributed by atoms with E-state index in [0.29, 0.717) is 6.54 Å². The summed E-state index contributed by atoms with van der Waals surface area (Å²) in [6, 6.07) is 7.79. The van der Waals surface area contributed by atoms with Crippen LogP contribution in [0, 0.1) is 0 Å². The summed E-state index contributed by atoms with van der Waals surface area (Å²) in [6.07, 6.45) is 1.65. The lowest BCUT2D eigenvalue weighted by Crippen LogP contribution is -2.49. The molecule has 6 nitrogen and oxygen atoms in total. The fourth-order valence-electron chi connectivity index (χ4n) is 2.74. The Morgan fingerprint density at radius 1 is 1.39 bits per heavy atom. The van der Waals surface area contributed by atoms with E-state index >= 15 is 0 Å². The molecule has 1 heterocycles. The maximum absolute atomic E-state index is 12.1. The second-order valence-corrected chi connectivity index (χ2v) is 6.83. The number of nitrogens with two attached hydrogens (primary N) is 1. The van der Waals surface area contributed by atoms with Crippen molar-refractivity contribution in [3.05, 3.63) is 34.3 Å². The molecule has 0 aliphatic carbocycles. The summed E-state index contributed by atoms with van der Waals surface area (Å²) in [5.41, 5.74) is 6.24. The number of halogens is 1. The number of likely N-dealkylation sites (tertiary alicyclic amines) is 1. The van der Waals surface area contributed by atoms with Crippen LogP contribution in [0.25, 0.3) is 0 Å². The molecule has 1 aromatic rings. The molecule has 1 aromatic carbocycles. The minimum atomic E-state index is -0.308. The Kier molecular flexibility index (Phi) is 6.41. The standard InChI is InChI=1S/C16H23BrN4O2/c1-11(12-3-2-4-13(17)9-12)19-16(23)20-14-5-7-21(8-6-14)10-15(18)22/h2-4,9,11,14H,5-8,10H2,1H3,(H2,18,22)(H2,19,20,23)/t11-/m1/s1. The molecule has 0 saturated carbocycles. The van der Waals surface area contributed by atoms with Crippen molar-refractivity contribution in [2.75, 3.05) is 19.6 Å². The van der Waals surface area contributed by atoms with Crippen LogP contribution in [0.1, 0.15) is 31.4 Å². The van der Waals surface area contributed by atoms with Crippen molar-refractivity contribution in [1.82, 2.24) is 15.5 Å². The van der Waals surface area contributed by atoms with Gasteiger partial charge in [0.1, 0.15) is 0 Å². The second kappa shape index (κ2) is 8.31. The van der Waals surface area contributed by atoms with Crippen LogP contribution >= 0.6 is 15.9 Å². The van der Waals surface area contributed by atoms with Crippen LogP contribution in [-0.4, -0.2) is 42.5 Å². The van der Waals surface area contributed by atoms with Crippen molar-refractivity contribution in [1.29, 1.82) is 0 Å². The molecule has 126 valence electrons. The Hall–Kier alpha value is -1.60. The minimum Gasteiger partial charge on any atom is -0.369 e. The second-order valence-electron chi connectivity index (χ2n) is 5.91. The van der Waals surface area contributed by atoms with E-state index in [0.717, 1.165) is 36.0 Å². The highest BCUT2D eigenvalue weighted by Gasteiger charge is 2.22. The van der Waals surface area contributed by atoms with E-state index in [1.165, 1.54) is 0 Å². The number of primary amides is 1. The first-order valence-electron chi connectivity index (χ1n) is 7.77. The quantitative estimate of drug-likeness (QED) is 0.724. The monoisotopic (exact) mass is 382 g/mol. The highest BCUT2D eigenvalue weighted by Crippen LogP contribution is 2.18. The van der Waals surface area contributed by atoms with Crippen LogP contribution in [0.5, 0.6) is 0 Å². The molecule has 0 unspecified atom stereocenters. The summed E-state index contributed by atoms with van der Waals surface area (Å²) in [6.45, 7) is 3.79. The lowest BCUT2D eigenvalue weighted by Gasteiger charge is -2.31. The number of piperidine rings is 1. The first-order chi connectivity index (χ1) is 10.9. The summed E-state index contributed by atoms with van der Waals surface area (Å²) < 4.78 is 0.992. The molecule has 1 saturated heterocycles. The van der Waals surface area contributed by atoms with Gasteiger partial charge in [0.05, 0.1) is 12.6 Å². The third-order valence-corrected chi connectivity index (χ3v) is 4.49. The highest BCUT2D eigenvalue weighted by atomic mass is 79.9. The van der Waals surface area contributed by atoms with Gasteiger partial charge in [-0.3, -0.25) is 9.69 Å². The molecule has 1 fully saturated rings.